The topological polar surface area (TPSA) is 66.0 Å². The number of para-hydroxylation sites is 1. The molecule has 25 heavy (non-hydrogen) atoms. The summed E-state index contributed by atoms with van der Waals surface area (Å²) in [5, 5.41) is 9.40. The van der Waals surface area contributed by atoms with Crippen molar-refractivity contribution in [3.05, 3.63) is 77.4 Å². The number of nitrogens with zero attached hydrogens (tertiary/aromatic N) is 1. The van der Waals surface area contributed by atoms with Gasteiger partial charge < -0.3 is 16.0 Å². The number of nitrogens with one attached hydrogen (secondary N) is 3. The lowest BCUT2D eigenvalue weighted by atomic mass is 10.2. The van der Waals surface area contributed by atoms with Crippen LogP contribution in [0.1, 0.15) is 5.56 Å². The molecule has 1 heterocycles. The van der Waals surface area contributed by atoms with E-state index in [1.165, 1.54) is 0 Å². The molecule has 6 heteroatoms. The molecule has 0 aliphatic carbocycles. The van der Waals surface area contributed by atoms with E-state index >= 15 is 0 Å². The van der Waals surface area contributed by atoms with Crippen LogP contribution < -0.4 is 16.0 Å². The molecule has 0 atom stereocenters. The highest BCUT2D eigenvalue weighted by Crippen LogP contribution is 2.25. The van der Waals surface area contributed by atoms with Crippen LogP contribution in [-0.2, 0) is 0 Å². The van der Waals surface area contributed by atoms with Gasteiger partial charge in [-0.2, -0.15) is 0 Å². The summed E-state index contributed by atoms with van der Waals surface area (Å²) in [6.45, 7) is 1.94. The molecule has 0 radical (unpaired) electrons. The summed E-state index contributed by atoms with van der Waals surface area (Å²) in [5.41, 5.74) is 3.17. The molecule has 3 rings (SSSR count). The molecule has 2 amide bonds. The summed E-state index contributed by atoms with van der Waals surface area (Å²) >= 11 is 6.11. The maximum Gasteiger partial charge on any atom is 0.323 e. The lowest BCUT2D eigenvalue weighted by molar-refractivity contribution is 0.262. The third-order valence-electron chi connectivity index (χ3n) is 3.58. The quantitative estimate of drug-likeness (QED) is 0.586. The van der Waals surface area contributed by atoms with Gasteiger partial charge in [0.1, 0.15) is 5.82 Å². The van der Waals surface area contributed by atoms with Crippen molar-refractivity contribution in [3.63, 3.8) is 0 Å². The van der Waals surface area contributed by atoms with Gasteiger partial charge in [-0.25, -0.2) is 9.78 Å². The molecule has 0 unspecified atom stereocenters. The summed E-state index contributed by atoms with van der Waals surface area (Å²) in [5.74, 6) is 0.666. The van der Waals surface area contributed by atoms with Crippen molar-refractivity contribution < 1.29 is 4.79 Å². The molecule has 3 aromatic rings. The minimum Gasteiger partial charge on any atom is -0.340 e. The number of aromatic nitrogens is 1. The number of carbonyl (C=O) groups excluding carboxylic acids is 1. The number of halogens is 1. The summed E-state index contributed by atoms with van der Waals surface area (Å²) in [7, 11) is 0. The van der Waals surface area contributed by atoms with Gasteiger partial charge in [-0.3, -0.25) is 0 Å². The normalized spacial score (nSPS) is 10.2. The van der Waals surface area contributed by atoms with Gasteiger partial charge in [0.2, 0.25) is 0 Å². The van der Waals surface area contributed by atoms with Crippen molar-refractivity contribution in [3.8, 4) is 0 Å². The van der Waals surface area contributed by atoms with Gasteiger partial charge in [0.05, 0.1) is 11.9 Å². The number of urea groups is 1. The van der Waals surface area contributed by atoms with E-state index in [0.29, 0.717) is 16.5 Å². The Morgan fingerprint density at radius 1 is 0.920 bits per heavy atom. The number of anilines is 4. The maximum atomic E-state index is 12.0. The highest BCUT2D eigenvalue weighted by Gasteiger charge is 2.05. The second-order valence-corrected chi connectivity index (χ2v) is 5.82. The van der Waals surface area contributed by atoms with Crippen LogP contribution in [0.5, 0.6) is 0 Å². The molecular weight excluding hydrogens is 336 g/mol. The van der Waals surface area contributed by atoms with Gasteiger partial charge >= 0.3 is 6.03 Å². The third-order valence-corrected chi connectivity index (χ3v) is 3.99. The summed E-state index contributed by atoms with van der Waals surface area (Å²) in [4.78, 5) is 16.3. The molecule has 0 aliphatic heterocycles. The number of carbonyl (C=O) groups is 1. The second kappa shape index (κ2) is 7.68. The molecule has 0 fully saturated rings. The molecule has 0 saturated carbocycles. The van der Waals surface area contributed by atoms with E-state index in [9.17, 15) is 4.79 Å². The summed E-state index contributed by atoms with van der Waals surface area (Å²) < 4.78 is 0. The Labute approximate surface area is 151 Å². The zero-order chi connectivity index (χ0) is 17.6. The Morgan fingerprint density at radius 2 is 1.68 bits per heavy atom. The fraction of sp³-hybridized carbons (Fsp3) is 0.0526. The van der Waals surface area contributed by atoms with E-state index in [1.54, 1.807) is 18.3 Å². The molecule has 0 saturated heterocycles. The minimum atomic E-state index is -0.320. The fourth-order valence-corrected chi connectivity index (χ4v) is 2.41. The third kappa shape index (κ3) is 4.49. The summed E-state index contributed by atoms with van der Waals surface area (Å²) in [6, 6.07) is 18.1. The Morgan fingerprint density at radius 3 is 2.40 bits per heavy atom. The molecule has 5 nitrogen and oxygen atoms in total. The van der Waals surface area contributed by atoms with Crippen LogP contribution in [0.25, 0.3) is 0 Å². The van der Waals surface area contributed by atoms with E-state index in [4.69, 9.17) is 11.6 Å². The van der Waals surface area contributed by atoms with Crippen LogP contribution in [0.3, 0.4) is 0 Å². The molecule has 0 bridgehead atoms. The Bertz CT molecular complexity index is 866. The standard InChI is InChI=1S/C19H17ClN4O/c1-13-16(20)8-5-9-17(13)24-18-11-10-15(12-21-18)23-19(25)22-14-6-3-2-4-7-14/h2-12H,1H3,(H,21,24)(H2,22,23,25). The number of benzene rings is 2. The second-order valence-electron chi connectivity index (χ2n) is 5.41. The summed E-state index contributed by atoms with van der Waals surface area (Å²) in [6.07, 6.45) is 1.59. The molecule has 126 valence electrons. The van der Waals surface area contributed by atoms with Crippen LogP contribution in [0.4, 0.5) is 27.7 Å². The van der Waals surface area contributed by atoms with Crippen LogP contribution in [0.2, 0.25) is 5.02 Å². The average Bonchev–Trinajstić information content (AvgIpc) is 2.61. The van der Waals surface area contributed by atoms with Crippen LogP contribution in [0, 0.1) is 6.92 Å². The number of amides is 2. The maximum absolute atomic E-state index is 12.0. The van der Waals surface area contributed by atoms with Gasteiger partial charge in [0.15, 0.2) is 0 Å². The van der Waals surface area contributed by atoms with Crippen molar-refractivity contribution in [1.29, 1.82) is 0 Å². The van der Waals surface area contributed by atoms with E-state index in [1.807, 2.05) is 55.5 Å². The van der Waals surface area contributed by atoms with E-state index < -0.39 is 0 Å². The first-order chi connectivity index (χ1) is 12.1. The van der Waals surface area contributed by atoms with Crippen molar-refractivity contribution >= 4 is 40.5 Å². The predicted molar refractivity (Wildman–Crippen MR) is 103 cm³/mol. The lowest BCUT2D eigenvalue weighted by Crippen LogP contribution is -2.19. The molecule has 1 aromatic heterocycles. The zero-order valence-corrected chi connectivity index (χ0v) is 14.3. The zero-order valence-electron chi connectivity index (χ0n) is 13.6. The molecular formula is C19H17ClN4O. The van der Waals surface area contributed by atoms with E-state index in [0.717, 1.165) is 16.9 Å². The first kappa shape index (κ1) is 16.8. The van der Waals surface area contributed by atoms with Crippen molar-refractivity contribution in [2.45, 2.75) is 6.92 Å². The Kier molecular flexibility index (Phi) is 5.16. The van der Waals surface area contributed by atoms with Gasteiger partial charge in [-0.15, -0.1) is 0 Å². The predicted octanol–water partition coefficient (Wildman–Crippen LogP) is 5.43. The lowest BCUT2D eigenvalue weighted by Gasteiger charge is -2.11. The highest BCUT2D eigenvalue weighted by molar-refractivity contribution is 6.31. The largest absolute Gasteiger partial charge is 0.340 e. The van der Waals surface area contributed by atoms with E-state index in [2.05, 4.69) is 20.9 Å². The number of hydrogen-bond acceptors (Lipinski definition) is 3. The van der Waals surface area contributed by atoms with Crippen LogP contribution in [0.15, 0.2) is 66.9 Å². The number of hydrogen-bond donors (Lipinski definition) is 3. The highest BCUT2D eigenvalue weighted by atomic mass is 35.5. The van der Waals surface area contributed by atoms with E-state index in [-0.39, 0.29) is 6.03 Å². The van der Waals surface area contributed by atoms with Crippen LogP contribution in [-0.4, -0.2) is 11.0 Å². The van der Waals surface area contributed by atoms with Gasteiger partial charge in [0, 0.05) is 16.4 Å². The molecule has 2 aromatic carbocycles. The van der Waals surface area contributed by atoms with Crippen LogP contribution >= 0.6 is 11.6 Å². The average molecular weight is 353 g/mol. The SMILES string of the molecule is Cc1c(Cl)cccc1Nc1ccc(NC(=O)Nc2ccccc2)cn1. The Hall–Kier alpha value is -3.05. The fourth-order valence-electron chi connectivity index (χ4n) is 2.24. The molecule has 3 N–H and O–H groups in total. The van der Waals surface area contributed by atoms with Crippen molar-refractivity contribution in [2.75, 3.05) is 16.0 Å². The van der Waals surface area contributed by atoms with Gasteiger partial charge in [0.25, 0.3) is 0 Å². The smallest absolute Gasteiger partial charge is 0.323 e. The van der Waals surface area contributed by atoms with Gasteiger partial charge in [-0.1, -0.05) is 35.9 Å². The van der Waals surface area contributed by atoms with Crippen molar-refractivity contribution in [1.82, 2.24) is 4.98 Å². The number of pyridine rings is 1. The van der Waals surface area contributed by atoms with Crippen molar-refractivity contribution in [2.24, 2.45) is 0 Å². The monoisotopic (exact) mass is 352 g/mol. The number of rotatable bonds is 4. The minimum absolute atomic E-state index is 0.320. The Balaban J connectivity index is 1.62. The first-order valence-electron chi connectivity index (χ1n) is 7.73. The molecule has 0 spiro atoms. The molecule has 0 aliphatic rings. The van der Waals surface area contributed by atoms with Gasteiger partial charge in [-0.05, 0) is 48.9 Å². The first-order valence-corrected chi connectivity index (χ1v) is 8.11.